The molecule has 1 aromatic heterocycles. The maximum atomic E-state index is 12.8. The van der Waals surface area contributed by atoms with E-state index in [-0.39, 0.29) is 33.5 Å². The average Bonchev–Trinajstić information content (AvgIpc) is 2.60. The zero-order valence-electron chi connectivity index (χ0n) is 13.4. The number of nitro groups is 1. The molecule has 0 bridgehead atoms. The van der Waals surface area contributed by atoms with Crippen LogP contribution < -0.4 is 11.3 Å². The Morgan fingerprint density at radius 2 is 1.78 bits per heavy atom. The molecule has 1 heterocycles. The lowest BCUT2D eigenvalue weighted by molar-refractivity contribution is -0.384. The van der Waals surface area contributed by atoms with Crippen molar-refractivity contribution in [3.05, 3.63) is 75.3 Å². The minimum absolute atomic E-state index is 0.0290. The molecule has 138 valence electrons. The van der Waals surface area contributed by atoms with Gasteiger partial charge in [0.2, 0.25) is 5.55 Å². The second-order valence-electron chi connectivity index (χ2n) is 5.47. The van der Waals surface area contributed by atoms with Gasteiger partial charge in [-0.1, -0.05) is 0 Å². The van der Waals surface area contributed by atoms with Crippen LogP contribution >= 0.6 is 0 Å². The second-order valence-corrected chi connectivity index (χ2v) is 5.47. The van der Waals surface area contributed by atoms with Gasteiger partial charge in [-0.05, 0) is 36.4 Å². The number of nitrogens with two attached hydrogens (primary N) is 1. The quantitative estimate of drug-likeness (QED) is 0.554. The van der Waals surface area contributed by atoms with Gasteiger partial charge in [-0.3, -0.25) is 14.9 Å². The maximum absolute atomic E-state index is 12.8. The highest BCUT2D eigenvalue weighted by Crippen LogP contribution is 2.31. The number of amides is 1. The Morgan fingerprint density at radius 1 is 1.11 bits per heavy atom. The second kappa shape index (κ2) is 6.56. The summed E-state index contributed by atoms with van der Waals surface area (Å²) in [7, 11) is 0. The Bertz CT molecular complexity index is 1120. The molecule has 0 fully saturated rings. The summed E-state index contributed by atoms with van der Waals surface area (Å²) >= 11 is 0. The number of primary amides is 1. The van der Waals surface area contributed by atoms with Gasteiger partial charge in [0.1, 0.15) is 11.1 Å². The van der Waals surface area contributed by atoms with Crippen LogP contribution in [0.3, 0.4) is 0 Å². The number of rotatable bonds is 3. The first-order valence-corrected chi connectivity index (χ1v) is 7.39. The third-order valence-electron chi connectivity index (χ3n) is 3.63. The summed E-state index contributed by atoms with van der Waals surface area (Å²) in [6.45, 7) is 0. The molecule has 2 N–H and O–H groups in total. The van der Waals surface area contributed by atoms with Gasteiger partial charge < -0.3 is 10.2 Å². The van der Waals surface area contributed by atoms with Gasteiger partial charge in [0, 0.05) is 17.5 Å². The third kappa shape index (κ3) is 3.78. The molecule has 1 amide bonds. The monoisotopic (exact) mass is 377 g/mol. The van der Waals surface area contributed by atoms with Gasteiger partial charge in [0.15, 0.2) is 0 Å². The van der Waals surface area contributed by atoms with E-state index in [2.05, 4.69) is 4.99 Å². The highest BCUT2D eigenvalue weighted by atomic mass is 19.4. The van der Waals surface area contributed by atoms with Crippen LogP contribution in [0.4, 0.5) is 24.5 Å². The predicted octanol–water partition coefficient (Wildman–Crippen LogP) is 3.69. The molecule has 27 heavy (non-hydrogen) atoms. The van der Waals surface area contributed by atoms with Gasteiger partial charge in [0.05, 0.1) is 16.2 Å². The Morgan fingerprint density at radius 3 is 2.33 bits per heavy atom. The highest BCUT2D eigenvalue weighted by molar-refractivity contribution is 5.95. The summed E-state index contributed by atoms with van der Waals surface area (Å²) in [5, 5.41) is 10.7. The molecular formula is C17H10F3N3O4. The predicted molar refractivity (Wildman–Crippen MR) is 88.1 cm³/mol. The SMILES string of the molecule is NC(=O)c1cc2cc(C(F)(F)F)ccc2oc1=Nc1ccc([N+](=O)[O-])cc1. The highest BCUT2D eigenvalue weighted by Gasteiger charge is 2.30. The lowest BCUT2D eigenvalue weighted by Crippen LogP contribution is -2.21. The van der Waals surface area contributed by atoms with Gasteiger partial charge >= 0.3 is 6.18 Å². The Kier molecular flexibility index (Phi) is 4.40. The van der Waals surface area contributed by atoms with Crippen LogP contribution in [0, 0.1) is 10.1 Å². The minimum atomic E-state index is -4.55. The van der Waals surface area contributed by atoms with Crippen molar-refractivity contribution >= 4 is 28.3 Å². The van der Waals surface area contributed by atoms with Crippen LogP contribution in [0.15, 0.2) is 57.9 Å². The van der Waals surface area contributed by atoms with E-state index >= 15 is 0 Å². The molecule has 0 aliphatic heterocycles. The van der Waals surface area contributed by atoms with E-state index < -0.39 is 22.6 Å². The van der Waals surface area contributed by atoms with Crippen molar-refractivity contribution in [2.24, 2.45) is 10.7 Å². The van der Waals surface area contributed by atoms with E-state index in [0.29, 0.717) is 0 Å². The van der Waals surface area contributed by atoms with Crippen molar-refractivity contribution in [1.82, 2.24) is 0 Å². The average molecular weight is 377 g/mol. The van der Waals surface area contributed by atoms with Crippen molar-refractivity contribution in [2.75, 3.05) is 0 Å². The fourth-order valence-electron chi connectivity index (χ4n) is 2.33. The Hall–Kier alpha value is -3.69. The molecule has 3 rings (SSSR count). The topological polar surface area (TPSA) is 112 Å². The van der Waals surface area contributed by atoms with Gasteiger partial charge in [-0.25, -0.2) is 4.99 Å². The number of alkyl halides is 3. The summed E-state index contributed by atoms with van der Waals surface area (Å²) in [5.41, 5.74) is 4.08. The first kappa shape index (κ1) is 18.1. The molecule has 0 saturated heterocycles. The van der Waals surface area contributed by atoms with E-state index in [1.165, 1.54) is 24.3 Å². The van der Waals surface area contributed by atoms with Crippen molar-refractivity contribution in [1.29, 1.82) is 0 Å². The smallest absolute Gasteiger partial charge is 0.416 e. The molecule has 0 aliphatic rings. The molecule has 3 aromatic rings. The number of carbonyl (C=O) groups excluding carboxylic acids is 1. The fourth-order valence-corrected chi connectivity index (χ4v) is 2.33. The number of hydrogen-bond acceptors (Lipinski definition) is 5. The molecular weight excluding hydrogens is 367 g/mol. The van der Waals surface area contributed by atoms with E-state index in [1.54, 1.807) is 0 Å². The van der Waals surface area contributed by atoms with Crippen molar-refractivity contribution in [3.8, 4) is 0 Å². The van der Waals surface area contributed by atoms with Crippen LogP contribution in [0.2, 0.25) is 0 Å². The largest absolute Gasteiger partial charge is 0.438 e. The zero-order chi connectivity index (χ0) is 19.8. The van der Waals surface area contributed by atoms with Gasteiger partial charge in [-0.2, -0.15) is 13.2 Å². The summed E-state index contributed by atoms with van der Waals surface area (Å²) in [6.07, 6.45) is -4.55. The van der Waals surface area contributed by atoms with Crippen molar-refractivity contribution < 1.29 is 27.3 Å². The summed E-state index contributed by atoms with van der Waals surface area (Å²) in [6, 6.07) is 9.01. The van der Waals surface area contributed by atoms with Crippen LogP contribution in [0.1, 0.15) is 15.9 Å². The lowest BCUT2D eigenvalue weighted by Gasteiger charge is -2.08. The lowest BCUT2D eigenvalue weighted by atomic mass is 10.1. The molecule has 0 spiro atoms. The molecule has 0 atom stereocenters. The zero-order valence-corrected chi connectivity index (χ0v) is 13.4. The number of non-ortho nitro benzene ring substituents is 1. The molecule has 2 aromatic carbocycles. The standard InChI is InChI=1S/C17H10F3N3O4/c18-17(19,20)10-1-6-14-9(7-10)8-13(15(21)24)16(27-14)22-11-2-4-12(5-3-11)23(25)26/h1-8H,(H2,21,24). The first-order valence-electron chi connectivity index (χ1n) is 7.39. The van der Waals surface area contributed by atoms with Crippen LogP contribution in [0.5, 0.6) is 0 Å². The maximum Gasteiger partial charge on any atom is 0.416 e. The molecule has 7 nitrogen and oxygen atoms in total. The Labute approximate surface area is 148 Å². The molecule has 10 heteroatoms. The number of hydrogen-bond donors (Lipinski definition) is 1. The minimum Gasteiger partial charge on any atom is -0.438 e. The van der Waals surface area contributed by atoms with E-state index in [4.69, 9.17) is 10.2 Å². The van der Waals surface area contributed by atoms with Crippen LogP contribution in [0.25, 0.3) is 11.0 Å². The number of carbonyl (C=O) groups is 1. The summed E-state index contributed by atoms with van der Waals surface area (Å²) in [4.78, 5) is 25.8. The van der Waals surface area contributed by atoms with Crippen LogP contribution in [-0.2, 0) is 6.18 Å². The molecule has 0 unspecified atom stereocenters. The normalized spacial score (nSPS) is 12.3. The van der Waals surface area contributed by atoms with E-state index in [1.807, 2.05) is 0 Å². The van der Waals surface area contributed by atoms with Crippen molar-refractivity contribution in [3.63, 3.8) is 0 Å². The summed E-state index contributed by atoms with van der Waals surface area (Å²) in [5.74, 6) is -0.946. The summed E-state index contributed by atoms with van der Waals surface area (Å²) < 4.78 is 44.0. The fraction of sp³-hybridized carbons (Fsp3) is 0.0588. The van der Waals surface area contributed by atoms with Crippen molar-refractivity contribution in [2.45, 2.75) is 6.18 Å². The molecule has 0 aliphatic carbocycles. The number of nitrogens with zero attached hydrogens (tertiary/aromatic N) is 2. The number of nitro benzene ring substituents is 1. The van der Waals surface area contributed by atoms with E-state index in [0.717, 1.165) is 24.3 Å². The van der Waals surface area contributed by atoms with Gasteiger partial charge in [0.25, 0.3) is 11.6 Å². The molecule has 0 radical (unpaired) electrons. The third-order valence-corrected chi connectivity index (χ3v) is 3.63. The Balaban J connectivity index is 2.18. The number of halogens is 3. The van der Waals surface area contributed by atoms with Crippen LogP contribution in [-0.4, -0.2) is 10.8 Å². The molecule has 0 saturated carbocycles. The first-order chi connectivity index (χ1) is 12.6. The number of fused-ring (bicyclic) bond motifs is 1. The van der Waals surface area contributed by atoms with Gasteiger partial charge in [-0.15, -0.1) is 0 Å². The van der Waals surface area contributed by atoms with E-state index in [9.17, 15) is 28.1 Å². The number of benzene rings is 2.